The summed E-state index contributed by atoms with van der Waals surface area (Å²) in [6.45, 7) is 2.22. The Hall–Kier alpha value is -8.20. The van der Waals surface area contributed by atoms with E-state index in [9.17, 15) is 0 Å². The minimum absolute atomic E-state index is 0.842. The highest BCUT2D eigenvalue weighted by Gasteiger charge is 2.18. The lowest BCUT2D eigenvalue weighted by atomic mass is 9.91. The second-order valence-electron chi connectivity index (χ2n) is 17.0. The van der Waals surface area contributed by atoms with Gasteiger partial charge in [0, 0.05) is 32.9 Å². The van der Waals surface area contributed by atoms with E-state index in [0.29, 0.717) is 0 Å². The normalized spacial score (nSPS) is 11.6. The first-order valence-electron chi connectivity index (χ1n) is 22.2. The second-order valence-corrected chi connectivity index (χ2v) is 17.0. The molecule has 2 nitrogen and oxygen atoms in total. The summed E-state index contributed by atoms with van der Waals surface area (Å²) in [4.78, 5) is 0. The van der Waals surface area contributed by atoms with E-state index in [2.05, 4.69) is 253 Å². The molecule has 0 aliphatic heterocycles. The maximum Gasteiger partial charge on any atom is 0.0542 e. The van der Waals surface area contributed by atoms with E-state index in [-0.39, 0.29) is 0 Å². The zero-order chi connectivity index (χ0) is 42.6. The highest BCUT2D eigenvalue weighted by molar-refractivity contribution is 6.12. The molecule has 0 saturated carbocycles. The van der Waals surface area contributed by atoms with Crippen molar-refractivity contribution in [3.8, 4) is 55.9 Å². The number of fused-ring (bicyclic) bond motifs is 6. The van der Waals surface area contributed by atoms with E-state index in [1.807, 2.05) is 0 Å². The lowest BCUT2D eigenvalue weighted by molar-refractivity contribution is 1.13. The molecule has 302 valence electrons. The first kappa shape index (κ1) is 37.6. The largest absolute Gasteiger partial charge is 0.309 e. The van der Waals surface area contributed by atoms with Crippen LogP contribution < -0.4 is 0 Å². The van der Waals surface area contributed by atoms with E-state index in [0.717, 1.165) is 17.8 Å². The van der Waals surface area contributed by atoms with Gasteiger partial charge < -0.3 is 9.13 Å². The third-order valence-corrected chi connectivity index (χ3v) is 13.2. The first-order valence-corrected chi connectivity index (χ1v) is 22.2. The standard InChI is InChI=1S/C62H44N2/c1-42-16-5-6-19-44(42)36-51-32-33-52(40-57(51)50-25-15-24-49(39-50)48-23-14-22-47(38-48)46-21-13-20-45(37-46)43-17-3-2-4-18-43)64-61-31-12-9-28-56(61)58-41-53(34-35-62(58)64)63-59-29-10-7-26-54(59)55-27-8-11-30-60(55)63/h2-35,37-41H,36H2,1H3. The van der Waals surface area contributed by atoms with E-state index in [4.69, 9.17) is 0 Å². The summed E-state index contributed by atoms with van der Waals surface area (Å²) < 4.78 is 4.87. The van der Waals surface area contributed by atoms with Gasteiger partial charge in [-0.1, -0.05) is 170 Å². The molecule has 2 aromatic heterocycles. The van der Waals surface area contributed by atoms with Crippen LogP contribution in [-0.2, 0) is 6.42 Å². The smallest absolute Gasteiger partial charge is 0.0542 e. The van der Waals surface area contributed by atoms with Gasteiger partial charge in [-0.15, -0.1) is 0 Å². The van der Waals surface area contributed by atoms with Crippen LogP contribution in [0.1, 0.15) is 16.7 Å². The van der Waals surface area contributed by atoms with Crippen molar-refractivity contribution >= 4 is 43.6 Å². The van der Waals surface area contributed by atoms with Gasteiger partial charge >= 0.3 is 0 Å². The number of hydrogen-bond acceptors (Lipinski definition) is 0. The molecule has 12 aromatic rings. The maximum atomic E-state index is 2.46. The third kappa shape index (κ3) is 6.51. The molecular weight excluding hydrogens is 773 g/mol. The average Bonchev–Trinajstić information content (AvgIpc) is 3.88. The number of hydrogen-bond donors (Lipinski definition) is 0. The Balaban J connectivity index is 0.993. The van der Waals surface area contributed by atoms with Crippen molar-refractivity contribution in [2.24, 2.45) is 0 Å². The molecule has 0 aliphatic carbocycles. The minimum Gasteiger partial charge on any atom is -0.309 e. The lowest BCUT2D eigenvalue weighted by Crippen LogP contribution is -2.00. The van der Waals surface area contributed by atoms with Crippen molar-refractivity contribution in [1.82, 2.24) is 9.13 Å². The fourth-order valence-corrected chi connectivity index (χ4v) is 9.97. The Kier molecular flexibility index (Phi) is 9.16. The molecule has 0 bridgehead atoms. The van der Waals surface area contributed by atoms with E-state index >= 15 is 0 Å². The SMILES string of the molecule is Cc1ccccc1Cc1ccc(-n2c3ccccc3c3cc(-n4c5ccccc5c5ccccc54)ccc32)cc1-c1cccc(-c2cccc(-c3cccc(-c4ccccc4)c3)c2)c1. The van der Waals surface area contributed by atoms with E-state index in [1.54, 1.807) is 0 Å². The van der Waals surface area contributed by atoms with Crippen LogP contribution in [0, 0.1) is 6.92 Å². The maximum absolute atomic E-state index is 2.46. The summed E-state index contributed by atoms with van der Waals surface area (Å²) >= 11 is 0. The zero-order valence-electron chi connectivity index (χ0n) is 35.6. The number of aromatic nitrogens is 2. The predicted octanol–water partition coefficient (Wildman–Crippen LogP) is 16.4. The summed E-state index contributed by atoms with van der Waals surface area (Å²) in [5.74, 6) is 0. The molecule has 0 radical (unpaired) electrons. The van der Waals surface area contributed by atoms with Gasteiger partial charge in [0.1, 0.15) is 0 Å². The fourth-order valence-electron chi connectivity index (χ4n) is 9.97. The van der Waals surface area contributed by atoms with Gasteiger partial charge in [-0.25, -0.2) is 0 Å². The molecule has 2 heteroatoms. The van der Waals surface area contributed by atoms with Crippen molar-refractivity contribution in [2.45, 2.75) is 13.3 Å². The van der Waals surface area contributed by atoms with Gasteiger partial charge in [-0.2, -0.15) is 0 Å². The first-order chi connectivity index (χ1) is 31.6. The number of aryl methyl sites for hydroxylation is 1. The molecule has 0 unspecified atom stereocenters. The molecule has 0 aliphatic rings. The molecule has 0 N–H and O–H groups in total. The van der Waals surface area contributed by atoms with Gasteiger partial charge in [0.25, 0.3) is 0 Å². The Morgan fingerprint density at radius 1 is 0.281 bits per heavy atom. The van der Waals surface area contributed by atoms with Crippen LogP contribution >= 0.6 is 0 Å². The number of para-hydroxylation sites is 3. The summed E-state index contributed by atoms with van der Waals surface area (Å²) in [6.07, 6.45) is 0.842. The summed E-state index contributed by atoms with van der Waals surface area (Å²) in [6, 6.07) is 86.8. The highest BCUT2D eigenvalue weighted by atomic mass is 15.0. The number of nitrogens with zero attached hydrogens (tertiary/aromatic N) is 2. The van der Waals surface area contributed by atoms with Gasteiger partial charge in [0.2, 0.25) is 0 Å². The van der Waals surface area contributed by atoms with Crippen LogP contribution in [0.15, 0.2) is 237 Å². The zero-order valence-corrected chi connectivity index (χ0v) is 35.6. The molecule has 0 saturated heterocycles. The van der Waals surface area contributed by atoms with Crippen LogP contribution in [0.2, 0.25) is 0 Å². The van der Waals surface area contributed by atoms with E-state index < -0.39 is 0 Å². The third-order valence-electron chi connectivity index (χ3n) is 13.2. The van der Waals surface area contributed by atoms with Crippen LogP contribution in [0.4, 0.5) is 0 Å². The summed E-state index contributed by atoms with van der Waals surface area (Å²) in [7, 11) is 0. The topological polar surface area (TPSA) is 9.86 Å². The summed E-state index contributed by atoms with van der Waals surface area (Å²) in [5, 5.41) is 5.01. The van der Waals surface area contributed by atoms with Gasteiger partial charge in [0.15, 0.2) is 0 Å². The molecular formula is C62H44N2. The van der Waals surface area contributed by atoms with Crippen LogP contribution in [0.3, 0.4) is 0 Å². The van der Waals surface area contributed by atoms with Crippen LogP contribution in [0.5, 0.6) is 0 Å². The van der Waals surface area contributed by atoms with Crippen molar-refractivity contribution in [2.75, 3.05) is 0 Å². The Labute approximate surface area is 373 Å². The van der Waals surface area contributed by atoms with Gasteiger partial charge in [-0.3, -0.25) is 0 Å². The minimum atomic E-state index is 0.842. The molecule has 12 rings (SSSR count). The lowest BCUT2D eigenvalue weighted by Gasteiger charge is -2.17. The van der Waals surface area contributed by atoms with Gasteiger partial charge in [0.05, 0.1) is 22.1 Å². The van der Waals surface area contributed by atoms with Crippen LogP contribution in [-0.4, -0.2) is 9.13 Å². The predicted molar refractivity (Wildman–Crippen MR) is 271 cm³/mol. The number of rotatable bonds is 8. The molecule has 64 heavy (non-hydrogen) atoms. The van der Waals surface area contributed by atoms with Crippen molar-refractivity contribution in [1.29, 1.82) is 0 Å². The average molecular weight is 817 g/mol. The molecule has 0 atom stereocenters. The number of benzene rings is 10. The molecule has 0 spiro atoms. The second kappa shape index (κ2) is 15.6. The Morgan fingerprint density at radius 2 is 0.703 bits per heavy atom. The Bertz CT molecular complexity index is 3660. The molecule has 10 aromatic carbocycles. The monoisotopic (exact) mass is 816 g/mol. The molecule has 0 amide bonds. The fraction of sp³-hybridized carbons (Fsp3) is 0.0323. The van der Waals surface area contributed by atoms with Gasteiger partial charge in [-0.05, 0) is 141 Å². The molecule has 0 fully saturated rings. The van der Waals surface area contributed by atoms with E-state index in [1.165, 1.54) is 105 Å². The quantitative estimate of drug-likeness (QED) is 0.145. The van der Waals surface area contributed by atoms with Crippen molar-refractivity contribution in [3.05, 3.63) is 253 Å². The highest BCUT2D eigenvalue weighted by Crippen LogP contribution is 2.39. The summed E-state index contributed by atoms with van der Waals surface area (Å²) in [5.41, 5.74) is 20.7. The van der Waals surface area contributed by atoms with Crippen molar-refractivity contribution in [3.63, 3.8) is 0 Å². The van der Waals surface area contributed by atoms with Crippen LogP contribution in [0.25, 0.3) is 99.5 Å². The Morgan fingerprint density at radius 3 is 1.30 bits per heavy atom. The van der Waals surface area contributed by atoms with Crippen molar-refractivity contribution < 1.29 is 0 Å². The molecule has 2 heterocycles.